The number of aliphatic hydroxyl groups excluding tert-OH is 1. The van der Waals surface area contributed by atoms with Crippen molar-refractivity contribution in [3.63, 3.8) is 0 Å². The number of fused-ring (bicyclic) bond motifs is 2. The number of anilines is 1. The number of hydrogen-bond acceptors (Lipinski definition) is 6. The second kappa shape index (κ2) is 12.2. The van der Waals surface area contributed by atoms with Crippen LogP contribution >= 0.6 is 0 Å². The molecule has 1 unspecified atom stereocenters. The Bertz CT molecular complexity index is 1440. The highest BCUT2D eigenvalue weighted by atomic mass is 16.5. The first kappa shape index (κ1) is 30.1. The van der Waals surface area contributed by atoms with Crippen LogP contribution in [0.2, 0.25) is 0 Å². The molecule has 5 atom stereocenters. The van der Waals surface area contributed by atoms with E-state index in [0.29, 0.717) is 51.3 Å². The molecule has 0 radical (unpaired) electrons. The van der Waals surface area contributed by atoms with Gasteiger partial charge in [-0.25, -0.2) is 0 Å². The third-order valence-electron chi connectivity index (χ3n) is 9.37. The first-order valence-corrected chi connectivity index (χ1v) is 15.7. The highest BCUT2D eigenvalue weighted by Gasteiger charge is 2.74. The summed E-state index contributed by atoms with van der Waals surface area (Å²) in [5, 5.41) is 9.33. The zero-order valence-electron chi connectivity index (χ0n) is 25.4. The summed E-state index contributed by atoms with van der Waals surface area (Å²) in [7, 11) is 0. The van der Waals surface area contributed by atoms with Gasteiger partial charge in [0.1, 0.15) is 17.4 Å². The highest BCUT2D eigenvalue weighted by Crippen LogP contribution is 2.57. The van der Waals surface area contributed by atoms with E-state index in [4.69, 9.17) is 9.47 Å². The molecule has 9 heteroatoms. The molecule has 0 bridgehead atoms. The normalized spacial score (nSPS) is 29.4. The quantitative estimate of drug-likeness (QED) is 0.330. The monoisotopic (exact) mass is 599 g/mol. The number of ether oxygens (including phenoxy) is 2. The fourth-order valence-electron chi connectivity index (χ4n) is 7.45. The molecule has 1 spiro atoms. The number of carbonyl (C=O) groups excluding carboxylic acids is 3. The lowest BCUT2D eigenvalue weighted by Gasteiger charge is -2.37. The Hall–Kier alpha value is -3.95. The molecule has 4 aliphatic heterocycles. The number of unbranched alkanes of at least 4 members (excludes halogenated alkanes) is 2. The third-order valence-corrected chi connectivity index (χ3v) is 9.37. The Morgan fingerprint density at radius 2 is 1.64 bits per heavy atom. The molecule has 0 aliphatic carbocycles. The summed E-state index contributed by atoms with van der Waals surface area (Å²) >= 11 is 0. The molecule has 2 fully saturated rings. The van der Waals surface area contributed by atoms with Crippen LogP contribution in [-0.4, -0.2) is 82.7 Å². The largest absolute Gasteiger partial charge is 0.494 e. The van der Waals surface area contributed by atoms with E-state index >= 15 is 0 Å². The van der Waals surface area contributed by atoms with E-state index < -0.39 is 29.1 Å². The Morgan fingerprint density at radius 3 is 2.36 bits per heavy atom. The molecule has 0 aromatic heterocycles. The van der Waals surface area contributed by atoms with Crippen LogP contribution in [0.5, 0.6) is 5.75 Å². The number of hydrogen-bond donors (Lipinski definition) is 1. The van der Waals surface area contributed by atoms with E-state index in [1.165, 1.54) is 0 Å². The predicted octanol–water partition coefficient (Wildman–Crippen LogP) is 3.72. The molecule has 1 N–H and O–H groups in total. The van der Waals surface area contributed by atoms with Gasteiger partial charge in [-0.2, -0.15) is 0 Å². The van der Waals surface area contributed by atoms with Crippen molar-refractivity contribution in [1.29, 1.82) is 0 Å². The van der Waals surface area contributed by atoms with Gasteiger partial charge < -0.3 is 29.3 Å². The lowest BCUT2D eigenvalue weighted by molar-refractivity contribution is -0.151. The van der Waals surface area contributed by atoms with Crippen molar-refractivity contribution in [2.45, 2.75) is 56.9 Å². The number of amides is 3. The average molecular weight is 600 g/mol. The molecule has 2 aromatic carbocycles. The number of carbonyl (C=O) groups is 3. The highest BCUT2D eigenvalue weighted by molar-refractivity contribution is 6.04. The predicted molar refractivity (Wildman–Crippen MR) is 166 cm³/mol. The zero-order valence-corrected chi connectivity index (χ0v) is 25.4. The molecule has 2 aromatic rings. The van der Waals surface area contributed by atoms with E-state index in [2.05, 4.69) is 0 Å². The summed E-state index contributed by atoms with van der Waals surface area (Å²) in [5.74, 6) is -1.60. The van der Waals surface area contributed by atoms with Crippen molar-refractivity contribution in [1.82, 2.24) is 9.80 Å². The Balaban J connectivity index is 1.38. The van der Waals surface area contributed by atoms with E-state index in [1.54, 1.807) is 14.7 Å². The summed E-state index contributed by atoms with van der Waals surface area (Å²) in [5.41, 5.74) is -0.679. The fraction of sp³-hybridized carbons (Fsp3) is 0.457. The maximum absolute atomic E-state index is 14.5. The van der Waals surface area contributed by atoms with Crippen molar-refractivity contribution in [3.05, 3.63) is 84.5 Å². The molecule has 4 heterocycles. The molecule has 232 valence electrons. The van der Waals surface area contributed by atoms with Crippen LogP contribution in [0.25, 0.3) is 0 Å². The van der Waals surface area contributed by atoms with Crippen LogP contribution < -0.4 is 9.64 Å². The smallest absolute Gasteiger partial charge is 0.249 e. The van der Waals surface area contributed by atoms with E-state index in [0.717, 1.165) is 17.7 Å². The van der Waals surface area contributed by atoms with Crippen LogP contribution in [0.4, 0.5) is 5.69 Å². The number of aliphatic hydroxyl groups is 1. The van der Waals surface area contributed by atoms with Gasteiger partial charge in [0.05, 0.1) is 24.0 Å². The van der Waals surface area contributed by atoms with Gasteiger partial charge >= 0.3 is 0 Å². The van der Waals surface area contributed by atoms with Crippen LogP contribution in [0.1, 0.15) is 38.7 Å². The van der Waals surface area contributed by atoms with Crippen LogP contribution in [0.3, 0.4) is 0 Å². The molecule has 3 amide bonds. The van der Waals surface area contributed by atoms with E-state index in [9.17, 15) is 19.5 Å². The molecular weight excluding hydrogens is 558 g/mol. The van der Waals surface area contributed by atoms with Gasteiger partial charge in [0.15, 0.2) is 0 Å². The van der Waals surface area contributed by atoms with Crippen molar-refractivity contribution in [2.75, 3.05) is 37.7 Å². The number of rotatable bonds is 10. The molecule has 44 heavy (non-hydrogen) atoms. The number of nitrogens with zero attached hydrogens (tertiary/aromatic N) is 3. The fourth-order valence-corrected chi connectivity index (χ4v) is 7.45. The molecule has 0 saturated carbocycles. The second-order valence-electron chi connectivity index (χ2n) is 12.2. The SMILES string of the molecule is CCOc1ccc(N2CC=C[C@]3(C)O[C@]45C=CCN(Cc6ccccc6)C(=O)C4N(CCCCCO)C(=O)[C@@H]5[C@@H]3C2=O)cc1. The van der Waals surface area contributed by atoms with Crippen LogP contribution in [0, 0.1) is 11.8 Å². The summed E-state index contributed by atoms with van der Waals surface area (Å²) in [6, 6.07) is 16.3. The minimum atomic E-state index is -1.29. The van der Waals surface area contributed by atoms with E-state index in [-0.39, 0.29) is 24.3 Å². The Morgan fingerprint density at radius 1 is 0.886 bits per heavy atom. The molecule has 9 nitrogen and oxygen atoms in total. The van der Waals surface area contributed by atoms with Gasteiger partial charge in [-0.05, 0) is 62.9 Å². The maximum atomic E-state index is 14.5. The standard InChI is InChI=1S/C35H41N3O6/c1-3-43-27-16-14-26(15-17-27)37-22-10-18-34(2)28(31(37)40)29-32(41)38(21-8-5-9-23-39)30-33(42)36(20-11-19-35(29,30)44-34)24-25-12-6-4-7-13-25/h4,6-7,10-19,28-30,39H,3,5,8-9,20-24H2,1-2H3/t28-,29+,30?,34+,35+/m1/s1. The van der Waals surface area contributed by atoms with Crippen molar-refractivity contribution in [3.8, 4) is 5.75 Å². The number of benzene rings is 2. The zero-order chi connectivity index (χ0) is 30.9. The van der Waals surface area contributed by atoms with Gasteiger partial charge in [-0.3, -0.25) is 14.4 Å². The van der Waals surface area contributed by atoms with Gasteiger partial charge in [0.25, 0.3) is 0 Å². The van der Waals surface area contributed by atoms with Gasteiger partial charge in [-0.15, -0.1) is 0 Å². The summed E-state index contributed by atoms with van der Waals surface area (Å²) in [6.07, 6.45) is 9.60. The van der Waals surface area contributed by atoms with Crippen molar-refractivity contribution in [2.24, 2.45) is 11.8 Å². The third kappa shape index (κ3) is 5.12. The molecule has 6 rings (SSSR count). The van der Waals surface area contributed by atoms with Crippen molar-refractivity contribution >= 4 is 23.4 Å². The Labute approximate surface area is 258 Å². The minimum absolute atomic E-state index is 0.0716. The van der Waals surface area contributed by atoms with Gasteiger partial charge in [0.2, 0.25) is 17.7 Å². The van der Waals surface area contributed by atoms with Gasteiger partial charge in [0, 0.05) is 38.5 Å². The number of likely N-dealkylation sites (tertiary alicyclic amines) is 1. The van der Waals surface area contributed by atoms with Crippen molar-refractivity contribution < 1.29 is 29.0 Å². The average Bonchev–Trinajstić information content (AvgIpc) is 3.29. The topological polar surface area (TPSA) is 99.6 Å². The summed E-state index contributed by atoms with van der Waals surface area (Å²) in [4.78, 5) is 48.7. The molecule has 2 saturated heterocycles. The lowest BCUT2D eigenvalue weighted by Crippen LogP contribution is -2.55. The summed E-state index contributed by atoms with van der Waals surface area (Å²) < 4.78 is 12.5. The van der Waals surface area contributed by atoms with Crippen LogP contribution in [-0.2, 0) is 25.7 Å². The second-order valence-corrected chi connectivity index (χ2v) is 12.2. The maximum Gasteiger partial charge on any atom is 0.249 e. The molecule has 4 aliphatic rings. The molecular formula is C35H41N3O6. The van der Waals surface area contributed by atoms with Gasteiger partial charge in [-0.1, -0.05) is 54.6 Å². The first-order chi connectivity index (χ1) is 21.3. The van der Waals surface area contributed by atoms with E-state index in [1.807, 2.05) is 92.7 Å². The lowest BCUT2D eigenvalue weighted by atomic mass is 9.74. The first-order valence-electron chi connectivity index (χ1n) is 15.7. The minimum Gasteiger partial charge on any atom is -0.494 e. The Kier molecular flexibility index (Phi) is 8.35. The van der Waals surface area contributed by atoms with Crippen LogP contribution in [0.15, 0.2) is 78.9 Å². The summed E-state index contributed by atoms with van der Waals surface area (Å²) in [6.45, 7) is 5.86.